The average Bonchev–Trinajstić information content (AvgIpc) is 2.77. The fraction of sp³-hybridized carbons (Fsp3) is 0.393. The molecule has 0 spiro atoms. The van der Waals surface area contributed by atoms with Crippen LogP contribution in [0.15, 0.2) is 54.6 Å². The zero-order valence-corrected chi connectivity index (χ0v) is 17.9. The molecule has 0 heterocycles. The van der Waals surface area contributed by atoms with Crippen LogP contribution in [-0.4, -0.2) is 18.2 Å². The molecule has 0 unspecified atom stereocenters. The third-order valence-corrected chi connectivity index (χ3v) is 8.22. The molecule has 3 heteroatoms. The van der Waals surface area contributed by atoms with Gasteiger partial charge in [-0.3, -0.25) is 0 Å². The lowest BCUT2D eigenvalue weighted by molar-refractivity contribution is -0.00610. The SMILES string of the molecule is COC(=O)c1ccc2cc(-c3cccc(C45CC6CC(CC(C6)C4)C5)c3O)ccc2c1. The van der Waals surface area contributed by atoms with E-state index in [1.165, 1.54) is 51.2 Å². The Morgan fingerprint density at radius 1 is 0.903 bits per heavy atom. The van der Waals surface area contributed by atoms with Crippen LogP contribution in [0.1, 0.15) is 54.4 Å². The van der Waals surface area contributed by atoms with Crippen molar-refractivity contribution >= 4 is 16.7 Å². The summed E-state index contributed by atoms with van der Waals surface area (Å²) in [6, 6.07) is 18.1. The summed E-state index contributed by atoms with van der Waals surface area (Å²) in [5.74, 6) is 2.68. The van der Waals surface area contributed by atoms with Gasteiger partial charge in [-0.1, -0.05) is 36.4 Å². The molecular formula is C28H28O3. The molecule has 0 amide bonds. The van der Waals surface area contributed by atoms with Crippen molar-refractivity contribution in [2.75, 3.05) is 7.11 Å². The van der Waals surface area contributed by atoms with Gasteiger partial charge in [-0.15, -0.1) is 0 Å². The first-order valence-electron chi connectivity index (χ1n) is 11.5. The van der Waals surface area contributed by atoms with Crippen LogP contribution < -0.4 is 0 Å². The van der Waals surface area contributed by atoms with E-state index >= 15 is 0 Å². The molecule has 158 valence electrons. The molecule has 31 heavy (non-hydrogen) atoms. The first-order chi connectivity index (χ1) is 15.0. The Morgan fingerprint density at radius 2 is 1.55 bits per heavy atom. The number of fused-ring (bicyclic) bond motifs is 1. The quantitative estimate of drug-likeness (QED) is 0.502. The number of benzene rings is 3. The fourth-order valence-electron chi connectivity index (χ4n) is 7.30. The number of ether oxygens (including phenoxy) is 1. The topological polar surface area (TPSA) is 46.5 Å². The van der Waals surface area contributed by atoms with E-state index in [4.69, 9.17) is 4.74 Å². The summed E-state index contributed by atoms with van der Waals surface area (Å²) in [6.07, 6.45) is 7.92. The molecule has 0 saturated heterocycles. The molecule has 0 aromatic heterocycles. The molecule has 3 nitrogen and oxygen atoms in total. The third kappa shape index (κ3) is 2.97. The zero-order valence-electron chi connectivity index (χ0n) is 17.9. The van der Waals surface area contributed by atoms with Gasteiger partial charge in [0.25, 0.3) is 0 Å². The molecule has 3 aromatic rings. The molecule has 7 rings (SSSR count). The summed E-state index contributed by atoms with van der Waals surface area (Å²) >= 11 is 0. The highest BCUT2D eigenvalue weighted by molar-refractivity contribution is 5.96. The standard InChI is InChI=1S/C28H28O3/c1-31-27(30)23-8-6-20-12-22(7-5-21(20)13-23)24-3-2-4-25(26(24)29)28-14-17-9-18(15-28)11-19(10-17)16-28/h2-8,12-13,17-19,29H,9-11,14-16H2,1H3. The minimum atomic E-state index is -0.327. The number of hydrogen-bond acceptors (Lipinski definition) is 3. The van der Waals surface area contributed by atoms with Crippen molar-refractivity contribution in [3.63, 3.8) is 0 Å². The van der Waals surface area contributed by atoms with Gasteiger partial charge < -0.3 is 9.84 Å². The van der Waals surface area contributed by atoms with Crippen LogP contribution >= 0.6 is 0 Å². The highest BCUT2D eigenvalue weighted by Gasteiger charge is 2.52. The van der Waals surface area contributed by atoms with Gasteiger partial charge in [-0.2, -0.15) is 0 Å². The summed E-state index contributed by atoms with van der Waals surface area (Å²) in [6.45, 7) is 0. The predicted molar refractivity (Wildman–Crippen MR) is 122 cm³/mol. The minimum Gasteiger partial charge on any atom is -0.507 e. The number of para-hydroxylation sites is 1. The number of rotatable bonds is 3. The fourth-order valence-corrected chi connectivity index (χ4v) is 7.30. The normalized spacial score (nSPS) is 28.7. The van der Waals surface area contributed by atoms with E-state index in [0.29, 0.717) is 11.3 Å². The van der Waals surface area contributed by atoms with E-state index in [1.54, 1.807) is 6.07 Å². The second kappa shape index (κ2) is 6.85. The molecule has 4 saturated carbocycles. The summed E-state index contributed by atoms with van der Waals surface area (Å²) < 4.78 is 4.84. The average molecular weight is 413 g/mol. The van der Waals surface area contributed by atoms with Gasteiger partial charge in [0.15, 0.2) is 0 Å². The molecule has 1 N–H and O–H groups in total. The Bertz CT molecular complexity index is 1160. The third-order valence-electron chi connectivity index (χ3n) is 8.22. The first kappa shape index (κ1) is 18.9. The molecule has 0 atom stereocenters. The van der Waals surface area contributed by atoms with Crippen molar-refractivity contribution in [3.05, 3.63) is 65.7 Å². The summed E-state index contributed by atoms with van der Waals surface area (Å²) in [5, 5.41) is 13.5. The molecule has 4 fully saturated rings. The van der Waals surface area contributed by atoms with E-state index in [1.807, 2.05) is 30.3 Å². The number of phenols is 1. The van der Waals surface area contributed by atoms with Crippen LogP contribution in [0.3, 0.4) is 0 Å². The van der Waals surface area contributed by atoms with Gasteiger partial charge in [0.1, 0.15) is 5.75 Å². The van der Waals surface area contributed by atoms with Gasteiger partial charge in [-0.25, -0.2) is 4.79 Å². The number of phenolic OH excluding ortho intramolecular Hbond substituents is 1. The van der Waals surface area contributed by atoms with Crippen LogP contribution in [0, 0.1) is 17.8 Å². The summed E-state index contributed by atoms with van der Waals surface area (Å²) in [5.41, 5.74) is 3.82. The minimum absolute atomic E-state index is 0.168. The number of methoxy groups -OCH3 is 1. The molecule has 3 aromatic carbocycles. The number of aromatic hydroxyl groups is 1. The van der Waals surface area contributed by atoms with Crippen molar-refractivity contribution in [3.8, 4) is 16.9 Å². The smallest absolute Gasteiger partial charge is 0.337 e. The number of hydrogen-bond donors (Lipinski definition) is 1. The van der Waals surface area contributed by atoms with Gasteiger partial charge in [0.05, 0.1) is 12.7 Å². The van der Waals surface area contributed by atoms with Crippen molar-refractivity contribution in [2.45, 2.75) is 43.9 Å². The molecule has 4 bridgehead atoms. The largest absolute Gasteiger partial charge is 0.507 e. The zero-order chi connectivity index (χ0) is 21.2. The van der Waals surface area contributed by atoms with E-state index in [0.717, 1.165) is 39.7 Å². The lowest BCUT2D eigenvalue weighted by Gasteiger charge is -2.57. The van der Waals surface area contributed by atoms with Gasteiger partial charge in [0.2, 0.25) is 0 Å². The lowest BCUT2D eigenvalue weighted by Crippen LogP contribution is -2.48. The number of carbonyl (C=O) groups is 1. The Balaban J connectivity index is 1.40. The van der Waals surface area contributed by atoms with E-state index < -0.39 is 0 Å². The van der Waals surface area contributed by atoms with Gasteiger partial charge in [-0.05, 0) is 96.2 Å². The van der Waals surface area contributed by atoms with Gasteiger partial charge in [0, 0.05) is 11.1 Å². The molecular weight excluding hydrogens is 384 g/mol. The Hall–Kier alpha value is -2.81. The highest BCUT2D eigenvalue weighted by atomic mass is 16.5. The molecule has 4 aliphatic rings. The summed E-state index contributed by atoms with van der Waals surface area (Å²) in [4.78, 5) is 11.8. The molecule has 0 radical (unpaired) electrons. The van der Waals surface area contributed by atoms with Crippen LogP contribution in [-0.2, 0) is 10.2 Å². The second-order valence-electron chi connectivity index (χ2n) is 10.2. The molecule has 0 aliphatic heterocycles. The Kier molecular flexibility index (Phi) is 4.18. The van der Waals surface area contributed by atoms with E-state index in [2.05, 4.69) is 18.2 Å². The van der Waals surface area contributed by atoms with Crippen LogP contribution in [0.2, 0.25) is 0 Å². The second-order valence-corrected chi connectivity index (χ2v) is 10.2. The predicted octanol–water partition coefficient (Wildman–Crippen LogP) is 6.47. The maximum Gasteiger partial charge on any atom is 0.337 e. The first-order valence-corrected chi connectivity index (χ1v) is 11.5. The maximum atomic E-state index is 11.8. The van der Waals surface area contributed by atoms with Crippen LogP contribution in [0.4, 0.5) is 0 Å². The van der Waals surface area contributed by atoms with Gasteiger partial charge >= 0.3 is 5.97 Å². The summed E-state index contributed by atoms with van der Waals surface area (Å²) in [7, 11) is 1.40. The van der Waals surface area contributed by atoms with Crippen molar-refractivity contribution in [1.82, 2.24) is 0 Å². The Morgan fingerprint density at radius 3 is 2.23 bits per heavy atom. The van der Waals surface area contributed by atoms with E-state index in [9.17, 15) is 9.90 Å². The number of carbonyl (C=O) groups excluding carboxylic acids is 1. The van der Waals surface area contributed by atoms with Crippen LogP contribution in [0.5, 0.6) is 5.75 Å². The number of esters is 1. The van der Waals surface area contributed by atoms with Crippen LogP contribution in [0.25, 0.3) is 21.9 Å². The molecule has 4 aliphatic carbocycles. The van der Waals surface area contributed by atoms with E-state index in [-0.39, 0.29) is 11.4 Å². The highest BCUT2D eigenvalue weighted by Crippen LogP contribution is 2.62. The van der Waals surface area contributed by atoms with Crippen molar-refractivity contribution in [2.24, 2.45) is 17.8 Å². The lowest BCUT2D eigenvalue weighted by atomic mass is 9.48. The van der Waals surface area contributed by atoms with Crippen molar-refractivity contribution in [1.29, 1.82) is 0 Å². The maximum absolute atomic E-state index is 11.8. The Labute approximate surface area is 183 Å². The van der Waals surface area contributed by atoms with Crippen molar-refractivity contribution < 1.29 is 14.6 Å². The monoisotopic (exact) mass is 412 g/mol.